The van der Waals surface area contributed by atoms with Crippen molar-refractivity contribution < 1.29 is 9.18 Å². The second-order valence-corrected chi connectivity index (χ2v) is 5.83. The number of rotatable bonds is 5. The van der Waals surface area contributed by atoms with Gasteiger partial charge in [-0.25, -0.2) is 4.39 Å². The van der Waals surface area contributed by atoms with Crippen LogP contribution in [-0.2, 0) is 11.3 Å². The normalized spacial score (nSPS) is 11.9. The van der Waals surface area contributed by atoms with E-state index in [1.165, 1.54) is 23.9 Å². The Bertz CT molecular complexity index is 556. The van der Waals surface area contributed by atoms with Gasteiger partial charge in [-0.15, -0.1) is 11.8 Å². The molecule has 2 aromatic rings. The molecule has 0 aromatic heterocycles. The molecule has 20 heavy (non-hydrogen) atoms. The predicted octanol–water partition coefficient (Wildman–Crippen LogP) is 3.62. The van der Waals surface area contributed by atoms with E-state index in [0.29, 0.717) is 6.54 Å². The first-order valence-corrected chi connectivity index (χ1v) is 7.27. The Hall–Kier alpha value is -1.81. The number of carbonyl (C=O) groups is 1. The summed E-state index contributed by atoms with van der Waals surface area (Å²) in [5.74, 6) is -0.293. The SMILES string of the molecule is C[C@H](Sc1ccc(F)cc1)C(=O)NCc1ccccc1. The zero-order valence-electron chi connectivity index (χ0n) is 11.2. The third kappa shape index (κ3) is 4.38. The van der Waals surface area contributed by atoms with Crippen LogP contribution in [0.3, 0.4) is 0 Å². The monoisotopic (exact) mass is 289 g/mol. The topological polar surface area (TPSA) is 29.1 Å². The molecule has 0 fully saturated rings. The molecule has 2 aromatic carbocycles. The maximum Gasteiger partial charge on any atom is 0.233 e. The molecule has 0 spiro atoms. The Morgan fingerprint density at radius 3 is 2.45 bits per heavy atom. The van der Waals surface area contributed by atoms with E-state index < -0.39 is 0 Å². The molecule has 1 atom stereocenters. The lowest BCUT2D eigenvalue weighted by Crippen LogP contribution is -2.30. The van der Waals surface area contributed by atoms with Crippen LogP contribution in [0.5, 0.6) is 0 Å². The van der Waals surface area contributed by atoms with Crippen molar-refractivity contribution in [2.75, 3.05) is 0 Å². The van der Waals surface area contributed by atoms with Crippen LogP contribution in [0.4, 0.5) is 4.39 Å². The van der Waals surface area contributed by atoms with Crippen LogP contribution in [0.25, 0.3) is 0 Å². The summed E-state index contributed by atoms with van der Waals surface area (Å²) < 4.78 is 12.8. The van der Waals surface area contributed by atoms with Crippen molar-refractivity contribution in [2.45, 2.75) is 23.6 Å². The molecule has 4 heteroatoms. The summed E-state index contributed by atoms with van der Waals surface area (Å²) >= 11 is 1.42. The summed E-state index contributed by atoms with van der Waals surface area (Å²) in [5, 5.41) is 2.68. The maximum absolute atomic E-state index is 12.8. The maximum atomic E-state index is 12.8. The minimum atomic E-state index is -0.268. The first-order valence-electron chi connectivity index (χ1n) is 6.39. The number of carbonyl (C=O) groups excluding carboxylic acids is 1. The summed E-state index contributed by atoms with van der Waals surface area (Å²) in [6.45, 7) is 2.36. The van der Waals surface area contributed by atoms with Crippen molar-refractivity contribution in [3.05, 3.63) is 66.0 Å². The quantitative estimate of drug-likeness (QED) is 0.852. The number of halogens is 1. The van der Waals surface area contributed by atoms with E-state index >= 15 is 0 Å². The molecule has 0 radical (unpaired) electrons. The molecular weight excluding hydrogens is 273 g/mol. The Kier molecular flexibility index (Phi) is 5.18. The third-order valence-corrected chi connectivity index (χ3v) is 3.92. The number of amides is 1. The summed E-state index contributed by atoms with van der Waals surface area (Å²) in [7, 11) is 0. The van der Waals surface area contributed by atoms with E-state index in [4.69, 9.17) is 0 Å². The smallest absolute Gasteiger partial charge is 0.233 e. The second kappa shape index (κ2) is 7.10. The molecular formula is C16H16FNOS. The van der Waals surface area contributed by atoms with E-state index in [0.717, 1.165) is 10.5 Å². The van der Waals surface area contributed by atoms with Crippen LogP contribution in [0.1, 0.15) is 12.5 Å². The number of hydrogen-bond acceptors (Lipinski definition) is 2. The van der Waals surface area contributed by atoms with Gasteiger partial charge in [-0.2, -0.15) is 0 Å². The van der Waals surface area contributed by atoms with E-state index in [2.05, 4.69) is 5.32 Å². The van der Waals surface area contributed by atoms with Gasteiger partial charge in [0.05, 0.1) is 5.25 Å². The lowest BCUT2D eigenvalue weighted by atomic mass is 10.2. The molecule has 104 valence electrons. The minimum absolute atomic E-state index is 0.0248. The number of thioether (sulfide) groups is 1. The van der Waals surface area contributed by atoms with Gasteiger partial charge in [-0.05, 0) is 36.8 Å². The Morgan fingerprint density at radius 2 is 1.80 bits per heavy atom. The van der Waals surface area contributed by atoms with Gasteiger partial charge in [0.25, 0.3) is 0 Å². The van der Waals surface area contributed by atoms with Crippen LogP contribution in [-0.4, -0.2) is 11.2 Å². The van der Waals surface area contributed by atoms with Crippen molar-refractivity contribution >= 4 is 17.7 Å². The van der Waals surface area contributed by atoms with Crippen LogP contribution >= 0.6 is 11.8 Å². The highest BCUT2D eigenvalue weighted by Crippen LogP contribution is 2.23. The van der Waals surface area contributed by atoms with E-state index in [-0.39, 0.29) is 17.0 Å². The number of nitrogens with one attached hydrogen (secondary N) is 1. The molecule has 0 aliphatic rings. The van der Waals surface area contributed by atoms with Gasteiger partial charge in [0.1, 0.15) is 5.82 Å². The van der Waals surface area contributed by atoms with Gasteiger partial charge in [-0.1, -0.05) is 30.3 Å². The first kappa shape index (κ1) is 14.6. The number of hydrogen-bond donors (Lipinski definition) is 1. The Balaban J connectivity index is 1.84. The fourth-order valence-corrected chi connectivity index (χ4v) is 2.59. The van der Waals surface area contributed by atoms with E-state index in [1.807, 2.05) is 37.3 Å². The van der Waals surface area contributed by atoms with Gasteiger partial charge in [0, 0.05) is 11.4 Å². The van der Waals surface area contributed by atoms with Crippen LogP contribution in [0, 0.1) is 5.82 Å². The highest BCUT2D eigenvalue weighted by molar-refractivity contribution is 8.00. The van der Waals surface area contributed by atoms with Crippen molar-refractivity contribution in [2.24, 2.45) is 0 Å². The minimum Gasteiger partial charge on any atom is -0.351 e. The fraction of sp³-hybridized carbons (Fsp3) is 0.188. The molecule has 0 aliphatic heterocycles. The molecule has 0 heterocycles. The number of benzene rings is 2. The zero-order valence-corrected chi connectivity index (χ0v) is 12.0. The van der Waals surface area contributed by atoms with Gasteiger partial charge in [0.2, 0.25) is 5.91 Å². The molecule has 0 bridgehead atoms. The van der Waals surface area contributed by atoms with Crippen LogP contribution in [0.15, 0.2) is 59.5 Å². The first-order chi connectivity index (χ1) is 9.65. The molecule has 0 aliphatic carbocycles. The molecule has 0 saturated heterocycles. The summed E-state index contributed by atoms with van der Waals surface area (Å²) in [6.07, 6.45) is 0. The van der Waals surface area contributed by atoms with Crippen LogP contribution in [0.2, 0.25) is 0 Å². The lowest BCUT2D eigenvalue weighted by Gasteiger charge is -2.12. The van der Waals surface area contributed by atoms with Gasteiger partial charge >= 0.3 is 0 Å². The fourth-order valence-electron chi connectivity index (χ4n) is 1.70. The van der Waals surface area contributed by atoms with Crippen LogP contribution < -0.4 is 5.32 Å². The highest BCUT2D eigenvalue weighted by Gasteiger charge is 2.13. The second-order valence-electron chi connectivity index (χ2n) is 4.42. The zero-order chi connectivity index (χ0) is 14.4. The molecule has 2 nitrogen and oxygen atoms in total. The largest absolute Gasteiger partial charge is 0.351 e. The third-order valence-electron chi connectivity index (χ3n) is 2.81. The van der Waals surface area contributed by atoms with Crippen molar-refractivity contribution in [3.8, 4) is 0 Å². The average molecular weight is 289 g/mol. The summed E-state index contributed by atoms with van der Waals surface area (Å²) in [4.78, 5) is 12.9. The van der Waals surface area contributed by atoms with E-state index in [9.17, 15) is 9.18 Å². The lowest BCUT2D eigenvalue weighted by molar-refractivity contribution is -0.120. The summed E-state index contributed by atoms with van der Waals surface area (Å²) in [6, 6.07) is 15.9. The van der Waals surface area contributed by atoms with E-state index in [1.54, 1.807) is 12.1 Å². The molecule has 0 saturated carbocycles. The predicted molar refractivity (Wildman–Crippen MR) is 80.0 cm³/mol. The van der Waals surface area contributed by atoms with Crippen molar-refractivity contribution in [1.82, 2.24) is 5.32 Å². The average Bonchev–Trinajstić information content (AvgIpc) is 2.48. The standard InChI is InChI=1S/C16H16FNOS/c1-12(20-15-9-7-14(17)8-10-15)16(19)18-11-13-5-3-2-4-6-13/h2-10,12H,11H2,1H3,(H,18,19)/t12-/m0/s1. The molecule has 2 rings (SSSR count). The van der Waals surface area contributed by atoms with Gasteiger partial charge in [0.15, 0.2) is 0 Å². The van der Waals surface area contributed by atoms with Gasteiger partial charge < -0.3 is 5.32 Å². The summed E-state index contributed by atoms with van der Waals surface area (Å²) in [5.41, 5.74) is 1.07. The Labute approximate surface area is 122 Å². The molecule has 0 unspecified atom stereocenters. The highest BCUT2D eigenvalue weighted by atomic mass is 32.2. The Morgan fingerprint density at radius 1 is 1.15 bits per heavy atom. The molecule has 1 amide bonds. The molecule has 1 N–H and O–H groups in total. The van der Waals surface area contributed by atoms with Crippen molar-refractivity contribution in [3.63, 3.8) is 0 Å². The van der Waals surface area contributed by atoms with Gasteiger partial charge in [-0.3, -0.25) is 4.79 Å². The van der Waals surface area contributed by atoms with Crippen molar-refractivity contribution in [1.29, 1.82) is 0 Å².